The molecule has 20 heavy (non-hydrogen) atoms. The molecule has 0 spiro atoms. The minimum atomic E-state index is -0.267. The molecule has 2 rings (SSSR count). The van der Waals surface area contributed by atoms with Gasteiger partial charge in [-0.15, -0.1) is 0 Å². The maximum absolute atomic E-state index is 11.8. The molecule has 0 unspecified atom stereocenters. The Morgan fingerprint density at radius 3 is 2.50 bits per heavy atom. The van der Waals surface area contributed by atoms with Crippen molar-refractivity contribution in [3.8, 4) is 0 Å². The normalized spacial score (nSPS) is 10.8. The standard InChI is InChI=1S/C15H10BrCl2NO/c16-11-7-4-10(5-8-11)6-9-14(20)19-13-3-1-2-12(17)15(13)18/h1-9H,(H,19,20). The Labute approximate surface area is 135 Å². The number of carbonyl (C=O) groups excluding carboxylic acids is 1. The first-order valence-corrected chi connectivity index (χ1v) is 7.30. The summed E-state index contributed by atoms with van der Waals surface area (Å²) in [5, 5.41) is 3.42. The zero-order valence-electron chi connectivity index (χ0n) is 10.2. The summed E-state index contributed by atoms with van der Waals surface area (Å²) >= 11 is 15.2. The molecule has 102 valence electrons. The maximum Gasteiger partial charge on any atom is 0.248 e. The van der Waals surface area contributed by atoms with Crippen molar-refractivity contribution in [3.63, 3.8) is 0 Å². The molecule has 5 heteroatoms. The Balaban J connectivity index is 2.05. The first-order valence-electron chi connectivity index (χ1n) is 5.75. The van der Waals surface area contributed by atoms with Gasteiger partial charge in [0.2, 0.25) is 5.91 Å². The van der Waals surface area contributed by atoms with Crippen molar-refractivity contribution in [3.05, 3.63) is 68.6 Å². The SMILES string of the molecule is O=C(C=Cc1ccc(Br)cc1)Nc1cccc(Cl)c1Cl. The molecular formula is C15H10BrCl2NO. The first-order chi connectivity index (χ1) is 9.56. The number of hydrogen-bond acceptors (Lipinski definition) is 1. The van der Waals surface area contributed by atoms with E-state index in [-0.39, 0.29) is 5.91 Å². The summed E-state index contributed by atoms with van der Waals surface area (Å²) in [6.07, 6.45) is 3.17. The van der Waals surface area contributed by atoms with Crippen LogP contribution >= 0.6 is 39.1 Å². The van der Waals surface area contributed by atoms with Crippen LogP contribution in [0.2, 0.25) is 10.0 Å². The Kier molecular flexibility index (Phi) is 5.24. The lowest BCUT2D eigenvalue weighted by Gasteiger charge is -2.05. The predicted octanol–water partition coefficient (Wildman–Crippen LogP) is 5.41. The van der Waals surface area contributed by atoms with Crippen LogP contribution < -0.4 is 5.32 Å². The van der Waals surface area contributed by atoms with E-state index in [1.165, 1.54) is 6.08 Å². The quantitative estimate of drug-likeness (QED) is 0.719. The van der Waals surface area contributed by atoms with Gasteiger partial charge in [-0.3, -0.25) is 4.79 Å². The minimum absolute atomic E-state index is 0.267. The molecule has 0 aliphatic carbocycles. The molecule has 0 radical (unpaired) electrons. The molecule has 0 saturated carbocycles. The zero-order chi connectivity index (χ0) is 14.5. The zero-order valence-corrected chi connectivity index (χ0v) is 13.3. The number of amides is 1. The van der Waals surface area contributed by atoms with Crippen molar-refractivity contribution < 1.29 is 4.79 Å². The van der Waals surface area contributed by atoms with Gasteiger partial charge >= 0.3 is 0 Å². The van der Waals surface area contributed by atoms with Crippen LogP contribution in [0, 0.1) is 0 Å². The van der Waals surface area contributed by atoms with Gasteiger partial charge in [0.25, 0.3) is 0 Å². The van der Waals surface area contributed by atoms with E-state index in [1.807, 2.05) is 24.3 Å². The van der Waals surface area contributed by atoms with Crippen LogP contribution in [0.4, 0.5) is 5.69 Å². The molecule has 1 N–H and O–H groups in total. The highest BCUT2D eigenvalue weighted by atomic mass is 79.9. The summed E-state index contributed by atoms with van der Waals surface area (Å²) in [5.41, 5.74) is 1.42. The van der Waals surface area contributed by atoms with Crippen molar-refractivity contribution in [2.45, 2.75) is 0 Å². The fraction of sp³-hybridized carbons (Fsp3) is 0. The van der Waals surface area contributed by atoms with Crippen LogP contribution in [0.1, 0.15) is 5.56 Å². The number of benzene rings is 2. The van der Waals surface area contributed by atoms with E-state index in [0.717, 1.165) is 10.0 Å². The fourth-order valence-electron chi connectivity index (χ4n) is 1.52. The Morgan fingerprint density at radius 1 is 1.10 bits per heavy atom. The summed E-state index contributed by atoms with van der Waals surface area (Å²) in [5.74, 6) is -0.267. The highest BCUT2D eigenvalue weighted by Crippen LogP contribution is 2.29. The average Bonchev–Trinajstić information content (AvgIpc) is 2.43. The van der Waals surface area contributed by atoms with Crippen LogP contribution in [0.15, 0.2) is 53.0 Å². The Hall–Kier alpha value is -1.29. The second-order valence-corrected chi connectivity index (χ2v) is 5.68. The van der Waals surface area contributed by atoms with Crippen molar-refractivity contribution in [1.29, 1.82) is 0 Å². The molecule has 0 atom stereocenters. The molecule has 1 amide bonds. The summed E-state index contributed by atoms with van der Waals surface area (Å²) in [6, 6.07) is 12.7. The number of anilines is 1. The summed E-state index contributed by atoms with van der Waals surface area (Å²) in [6.45, 7) is 0. The van der Waals surface area contributed by atoms with Crippen molar-refractivity contribution in [2.24, 2.45) is 0 Å². The topological polar surface area (TPSA) is 29.1 Å². The predicted molar refractivity (Wildman–Crippen MR) is 88.3 cm³/mol. The molecule has 0 fully saturated rings. The Bertz CT molecular complexity index is 653. The van der Waals surface area contributed by atoms with E-state index in [0.29, 0.717) is 15.7 Å². The lowest BCUT2D eigenvalue weighted by Crippen LogP contribution is -2.08. The third kappa shape index (κ3) is 4.10. The smallest absolute Gasteiger partial charge is 0.248 e. The summed E-state index contributed by atoms with van der Waals surface area (Å²) < 4.78 is 0.991. The molecule has 0 aromatic heterocycles. The van der Waals surface area contributed by atoms with Crippen LogP contribution in [-0.2, 0) is 4.79 Å². The van der Waals surface area contributed by atoms with E-state index in [4.69, 9.17) is 23.2 Å². The number of nitrogens with one attached hydrogen (secondary N) is 1. The number of carbonyl (C=O) groups is 1. The fourth-order valence-corrected chi connectivity index (χ4v) is 2.13. The third-order valence-corrected chi connectivity index (χ3v) is 3.85. The second-order valence-electron chi connectivity index (χ2n) is 3.98. The molecule has 0 aliphatic heterocycles. The first kappa shape index (κ1) is 15.1. The number of rotatable bonds is 3. The molecule has 2 aromatic rings. The van der Waals surface area contributed by atoms with E-state index in [9.17, 15) is 4.79 Å². The van der Waals surface area contributed by atoms with E-state index >= 15 is 0 Å². The lowest BCUT2D eigenvalue weighted by atomic mass is 10.2. The van der Waals surface area contributed by atoms with Crippen LogP contribution in [0.25, 0.3) is 6.08 Å². The number of hydrogen-bond donors (Lipinski definition) is 1. The van der Waals surface area contributed by atoms with Gasteiger partial charge < -0.3 is 5.32 Å². The number of halogens is 3. The van der Waals surface area contributed by atoms with Gasteiger partial charge in [-0.2, -0.15) is 0 Å². The van der Waals surface area contributed by atoms with Gasteiger partial charge in [-0.25, -0.2) is 0 Å². The van der Waals surface area contributed by atoms with Gasteiger partial charge in [0.15, 0.2) is 0 Å². The second kappa shape index (κ2) is 6.93. The van der Waals surface area contributed by atoms with Gasteiger partial charge in [-0.1, -0.05) is 57.3 Å². The average molecular weight is 371 g/mol. The third-order valence-electron chi connectivity index (χ3n) is 2.51. The van der Waals surface area contributed by atoms with Crippen molar-refractivity contribution >= 4 is 56.8 Å². The molecular weight excluding hydrogens is 361 g/mol. The molecule has 0 saturated heterocycles. The van der Waals surface area contributed by atoms with Crippen LogP contribution in [0.5, 0.6) is 0 Å². The molecule has 0 aliphatic rings. The molecule has 2 nitrogen and oxygen atoms in total. The van der Waals surface area contributed by atoms with Gasteiger partial charge in [0.1, 0.15) is 0 Å². The highest BCUT2D eigenvalue weighted by Gasteiger charge is 2.05. The van der Waals surface area contributed by atoms with E-state index in [2.05, 4.69) is 21.2 Å². The van der Waals surface area contributed by atoms with Gasteiger partial charge in [0.05, 0.1) is 15.7 Å². The molecule has 0 heterocycles. The maximum atomic E-state index is 11.8. The largest absolute Gasteiger partial charge is 0.321 e. The monoisotopic (exact) mass is 369 g/mol. The minimum Gasteiger partial charge on any atom is -0.321 e. The van der Waals surface area contributed by atoms with Crippen molar-refractivity contribution in [1.82, 2.24) is 0 Å². The summed E-state index contributed by atoms with van der Waals surface area (Å²) in [7, 11) is 0. The Morgan fingerprint density at radius 2 is 1.80 bits per heavy atom. The van der Waals surface area contributed by atoms with Crippen LogP contribution in [0.3, 0.4) is 0 Å². The van der Waals surface area contributed by atoms with Gasteiger partial charge in [0, 0.05) is 10.5 Å². The lowest BCUT2D eigenvalue weighted by molar-refractivity contribution is -0.111. The highest BCUT2D eigenvalue weighted by molar-refractivity contribution is 9.10. The van der Waals surface area contributed by atoms with E-state index in [1.54, 1.807) is 24.3 Å². The van der Waals surface area contributed by atoms with Gasteiger partial charge in [-0.05, 0) is 35.9 Å². The molecule has 0 bridgehead atoms. The van der Waals surface area contributed by atoms with Crippen LogP contribution in [-0.4, -0.2) is 5.91 Å². The summed E-state index contributed by atoms with van der Waals surface area (Å²) in [4.78, 5) is 11.8. The van der Waals surface area contributed by atoms with E-state index < -0.39 is 0 Å². The molecule has 2 aromatic carbocycles. The van der Waals surface area contributed by atoms with Crippen molar-refractivity contribution in [2.75, 3.05) is 5.32 Å².